The first kappa shape index (κ1) is 18.2. The predicted molar refractivity (Wildman–Crippen MR) is 87.4 cm³/mol. The van der Waals surface area contributed by atoms with Gasteiger partial charge in [-0.25, -0.2) is 8.42 Å². The van der Waals surface area contributed by atoms with Gasteiger partial charge in [0.1, 0.15) is 0 Å². The van der Waals surface area contributed by atoms with Crippen LogP contribution in [-0.4, -0.2) is 36.2 Å². The van der Waals surface area contributed by atoms with Crippen molar-refractivity contribution in [2.45, 2.75) is 65.3 Å². The van der Waals surface area contributed by atoms with E-state index in [2.05, 4.69) is 31.2 Å². The third-order valence-corrected chi connectivity index (χ3v) is 6.20. The van der Waals surface area contributed by atoms with Crippen LogP contribution in [-0.2, 0) is 29.2 Å². The van der Waals surface area contributed by atoms with Crippen molar-refractivity contribution in [2.75, 3.05) is 12.8 Å². The summed E-state index contributed by atoms with van der Waals surface area (Å²) in [6.45, 7) is 10.2. The summed E-state index contributed by atoms with van der Waals surface area (Å²) in [7, 11) is -1.10. The molecule has 1 rings (SSSR count). The SMILES string of the molecule is CCc1nn(CCS(=O)(=O)C(C)C)c(CC)c1C(C)NC. The Morgan fingerprint density at radius 3 is 2.24 bits per heavy atom. The monoisotopic (exact) mass is 315 g/mol. The maximum Gasteiger partial charge on any atom is 0.154 e. The Hall–Kier alpha value is -0.880. The summed E-state index contributed by atoms with van der Waals surface area (Å²) in [4.78, 5) is 0. The van der Waals surface area contributed by atoms with E-state index in [4.69, 9.17) is 0 Å². The van der Waals surface area contributed by atoms with Crippen molar-refractivity contribution in [1.29, 1.82) is 0 Å². The van der Waals surface area contributed by atoms with E-state index in [0.29, 0.717) is 6.54 Å². The fraction of sp³-hybridized carbons (Fsp3) is 0.800. The van der Waals surface area contributed by atoms with Gasteiger partial charge in [-0.05, 0) is 40.7 Å². The second-order valence-corrected chi connectivity index (χ2v) is 8.34. The fourth-order valence-electron chi connectivity index (χ4n) is 2.48. The molecule has 6 heteroatoms. The molecule has 0 aliphatic heterocycles. The molecular formula is C15H29N3O2S. The molecule has 122 valence electrons. The molecule has 0 radical (unpaired) electrons. The largest absolute Gasteiger partial charge is 0.313 e. The van der Waals surface area contributed by atoms with E-state index in [1.165, 1.54) is 5.56 Å². The van der Waals surface area contributed by atoms with Crippen molar-refractivity contribution in [2.24, 2.45) is 0 Å². The van der Waals surface area contributed by atoms with E-state index < -0.39 is 9.84 Å². The molecule has 21 heavy (non-hydrogen) atoms. The van der Waals surface area contributed by atoms with E-state index in [9.17, 15) is 8.42 Å². The number of nitrogens with one attached hydrogen (secondary N) is 1. The van der Waals surface area contributed by atoms with Gasteiger partial charge in [-0.15, -0.1) is 0 Å². The summed E-state index contributed by atoms with van der Waals surface area (Å²) in [5, 5.41) is 7.57. The Balaban J connectivity index is 3.11. The zero-order valence-corrected chi connectivity index (χ0v) is 14.9. The van der Waals surface area contributed by atoms with Crippen LogP contribution in [0.25, 0.3) is 0 Å². The van der Waals surface area contributed by atoms with Gasteiger partial charge in [-0.2, -0.15) is 5.10 Å². The van der Waals surface area contributed by atoms with E-state index in [1.54, 1.807) is 13.8 Å². The molecule has 0 saturated heterocycles. The minimum Gasteiger partial charge on any atom is -0.313 e. The summed E-state index contributed by atoms with van der Waals surface area (Å²) < 4.78 is 25.9. The summed E-state index contributed by atoms with van der Waals surface area (Å²) in [6.07, 6.45) is 1.72. The summed E-state index contributed by atoms with van der Waals surface area (Å²) in [5.74, 6) is 0.149. The van der Waals surface area contributed by atoms with Crippen LogP contribution in [0.4, 0.5) is 0 Å². The summed E-state index contributed by atoms with van der Waals surface area (Å²) in [6, 6.07) is 0.227. The third kappa shape index (κ3) is 4.07. The predicted octanol–water partition coefficient (Wildman–Crippen LogP) is 2.11. The van der Waals surface area contributed by atoms with Crippen molar-refractivity contribution in [3.8, 4) is 0 Å². The average Bonchev–Trinajstić information content (AvgIpc) is 2.81. The Kier molecular flexibility index (Phi) is 6.41. The lowest BCUT2D eigenvalue weighted by molar-refractivity contribution is 0.564. The second kappa shape index (κ2) is 7.40. The number of nitrogens with zero attached hydrogens (tertiary/aromatic N) is 2. The van der Waals surface area contributed by atoms with Crippen LogP contribution in [0.3, 0.4) is 0 Å². The summed E-state index contributed by atoms with van der Waals surface area (Å²) >= 11 is 0. The first-order valence-electron chi connectivity index (χ1n) is 7.75. The normalized spacial score (nSPS) is 13.9. The number of hydrogen-bond donors (Lipinski definition) is 1. The topological polar surface area (TPSA) is 64.0 Å². The highest BCUT2D eigenvalue weighted by Crippen LogP contribution is 2.23. The molecule has 5 nitrogen and oxygen atoms in total. The quantitative estimate of drug-likeness (QED) is 0.798. The number of sulfone groups is 1. The van der Waals surface area contributed by atoms with Crippen LogP contribution >= 0.6 is 0 Å². The molecule has 0 fully saturated rings. The van der Waals surface area contributed by atoms with Crippen LogP contribution in [0.5, 0.6) is 0 Å². The van der Waals surface area contributed by atoms with E-state index >= 15 is 0 Å². The van der Waals surface area contributed by atoms with Crippen LogP contribution in [0, 0.1) is 0 Å². The highest BCUT2D eigenvalue weighted by atomic mass is 32.2. The molecule has 0 amide bonds. The van der Waals surface area contributed by atoms with Gasteiger partial charge in [0.05, 0.1) is 23.2 Å². The smallest absolute Gasteiger partial charge is 0.154 e. The molecule has 0 aliphatic carbocycles. The van der Waals surface area contributed by atoms with Crippen LogP contribution < -0.4 is 5.32 Å². The van der Waals surface area contributed by atoms with Crippen LogP contribution in [0.15, 0.2) is 0 Å². The van der Waals surface area contributed by atoms with Gasteiger partial charge < -0.3 is 5.32 Å². The molecule has 0 aliphatic rings. The second-order valence-electron chi connectivity index (χ2n) is 5.66. The minimum absolute atomic E-state index is 0.149. The first-order chi connectivity index (χ1) is 9.78. The first-order valence-corrected chi connectivity index (χ1v) is 9.47. The van der Waals surface area contributed by atoms with Gasteiger partial charge in [0.2, 0.25) is 0 Å². The van der Waals surface area contributed by atoms with Gasteiger partial charge in [0, 0.05) is 17.3 Å². The van der Waals surface area contributed by atoms with Crippen LogP contribution in [0.1, 0.15) is 57.6 Å². The lowest BCUT2D eigenvalue weighted by atomic mass is 10.0. The molecule has 0 bridgehead atoms. The van der Waals surface area contributed by atoms with Gasteiger partial charge in [-0.1, -0.05) is 13.8 Å². The number of aromatic nitrogens is 2. The van der Waals surface area contributed by atoms with Crippen molar-refractivity contribution in [1.82, 2.24) is 15.1 Å². The minimum atomic E-state index is -3.03. The molecule has 0 saturated carbocycles. The van der Waals surface area contributed by atoms with Gasteiger partial charge >= 0.3 is 0 Å². The number of aryl methyl sites for hydroxylation is 2. The van der Waals surface area contributed by atoms with Crippen LogP contribution in [0.2, 0.25) is 0 Å². The van der Waals surface area contributed by atoms with E-state index in [0.717, 1.165) is 24.2 Å². The molecular weight excluding hydrogens is 286 g/mol. The van der Waals surface area contributed by atoms with Gasteiger partial charge in [0.25, 0.3) is 0 Å². The van der Waals surface area contributed by atoms with E-state index in [-0.39, 0.29) is 17.0 Å². The molecule has 1 heterocycles. The van der Waals surface area contributed by atoms with Crippen molar-refractivity contribution in [3.05, 3.63) is 17.0 Å². The Bertz CT molecular complexity index is 562. The molecule has 1 unspecified atom stereocenters. The lowest BCUT2D eigenvalue weighted by Crippen LogP contribution is -2.22. The summed E-state index contributed by atoms with van der Waals surface area (Å²) in [5.41, 5.74) is 3.44. The van der Waals surface area contributed by atoms with E-state index in [1.807, 2.05) is 11.7 Å². The molecule has 1 aromatic heterocycles. The molecule has 0 aromatic carbocycles. The standard InChI is InChI=1S/C15H29N3O2S/c1-7-13-15(12(5)16-6)14(8-2)18(17-13)9-10-21(19,20)11(3)4/h11-12,16H,7-10H2,1-6H3. The molecule has 1 N–H and O–H groups in total. The third-order valence-electron chi connectivity index (χ3n) is 4.02. The van der Waals surface area contributed by atoms with Crippen molar-refractivity contribution in [3.63, 3.8) is 0 Å². The maximum atomic E-state index is 12.0. The van der Waals surface area contributed by atoms with Gasteiger partial charge in [0.15, 0.2) is 9.84 Å². The highest BCUT2D eigenvalue weighted by Gasteiger charge is 2.22. The molecule has 1 aromatic rings. The van der Waals surface area contributed by atoms with Crippen molar-refractivity contribution >= 4 is 9.84 Å². The number of hydrogen-bond acceptors (Lipinski definition) is 4. The zero-order valence-electron chi connectivity index (χ0n) is 14.1. The highest BCUT2D eigenvalue weighted by molar-refractivity contribution is 7.91. The Morgan fingerprint density at radius 2 is 1.81 bits per heavy atom. The average molecular weight is 315 g/mol. The fourth-order valence-corrected chi connectivity index (χ4v) is 3.38. The zero-order chi connectivity index (χ0) is 16.2. The van der Waals surface area contributed by atoms with Gasteiger partial charge in [-0.3, -0.25) is 4.68 Å². The molecule has 0 spiro atoms. The Morgan fingerprint density at radius 1 is 1.19 bits per heavy atom. The Labute approximate surface area is 129 Å². The maximum absolute atomic E-state index is 12.0. The molecule has 1 atom stereocenters. The number of rotatable bonds is 8. The van der Waals surface area contributed by atoms with Crippen molar-refractivity contribution < 1.29 is 8.42 Å². The lowest BCUT2D eigenvalue weighted by Gasteiger charge is -2.14.